The number of rotatable bonds is 5. The van der Waals surface area contributed by atoms with Crippen LogP contribution in [-0.2, 0) is 24.1 Å². The van der Waals surface area contributed by atoms with Crippen molar-refractivity contribution in [2.75, 3.05) is 26.7 Å². The Bertz CT molecular complexity index is 1010. The topological polar surface area (TPSA) is 73.5 Å². The zero-order valence-electron chi connectivity index (χ0n) is 17.7. The van der Waals surface area contributed by atoms with Gasteiger partial charge < -0.3 is 14.8 Å². The van der Waals surface area contributed by atoms with E-state index in [2.05, 4.69) is 4.98 Å². The molecule has 30 heavy (non-hydrogen) atoms. The third-order valence-electron chi connectivity index (χ3n) is 6.50. The van der Waals surface area contributed by atoms with Gasteiger partial charge in [0.05, 0.1) is 5.41 Å². The number of hydrogen-bond acceptors (Lipinski definition) is 3. The summed E-state index contributed by atoms with van der Waals surface area (Å²) in [6, 6.07) is 11.7. The molecule has 6 heteroatoms. The average Bonchev–Trinajstić information content (AvgIpc) is 2.74. The van der Waals surface area contributed by atoms with Gasteiger partial charge in [-0.05, 0) is 56.2 Å². The Labute approximate surface area is 176 Å². The maximum atomic E-state index is 13.2. The van der Waals surface area contributed by atoms with Gasteiger partial charge in [-0.3, -0.25) is 14.4 Å². The summed E-state index contributed by atoms with van der Waals surface area (Å²) >= 11 is 0. The highest BCUT2D eigenvalue weighted by Gasteiger charge is 2.52. The summed E-state index contributed by atoms with van der Waals surface area (Å²) in [6.45, 7) is 3.23. The van der Waals surface area contributed by atoms with Gasteiger partial charge in [-0.15, -0.1) is 0 Å². The number of likely N-dealkylation sites (tertiary alicyclic amines) is 1. The zero-order valence-corrected chi connectivity index (χ0v) is 17.7. The molecule has 0 spiro atoms. The zero-order chi connectivity index (χ0) is 21.3. The summed E-state index contributed by atoms with van der Waals surface area (Å²) < 4.78 is 0. The Balaban J connectivity index is 1.57. The first kappa shape index (κ1) is 20.4. The largest absolute Gasteiger partial charge is 0.345 e. The van der Waals surface area contributed by atoms with Crippen molar-refractivity contribution < 1.29 is 9.59 Å². The molecule has 1 aromatic carbocycles. The van der Waals surface area contributed by atoms with Crippen LogP contribution in [0.25, 0.3) is 0 Å². The number of fused-ring (bicyclic) bond motifs is 1. The van der Waals surface area contributed by atoms with E-state index in [-0.39, 0.29) is 22.9 Å². The maximum absolute atomic E-state index is 13.2. The fourth-order valence-corrected chi connectivity index (χ4v) is 4.69. The first-order valence-corrected chi connectivity index (χ1v) is 10.8. The number of nitrogens with one attached hydrogen (secondary N) is 1. The molecule has 1 N–H and O–H groups in total. The van der Waals surface area contributed by atoms with Crippen molar-refractivity contribution in [2.45, 2.75) is 39.0 Å². The molecular weight excluding hydrogens is 378 g/mol. The SMILES string of the molecule is CCN(C)C(=O)C1(Cc2ccccc2)CN(C(=O)c2cc3c([nH]c2=O)CCCC3)C1. The summed E-state index contributed by atoms with van der Waals surface area (Å²) in [5.41, 5.74) is 2.35. The van der Waals surface area contributed by atoms with Gasteiger partial charge in [0.25, 0.3) is 11.5 Å². The van der Waals surface area contributed by atoms with E-state index >= 15 is 0 Å². The van der Waals surface area contributed by atoms with Crippen molar-refractivity contribution >= 4 is 11.8 Å². The highest BCUT2D eigenvalue weighted by atomic mass is 16.2. The number of aromatic amines is 1. The molecule has 1 saturated heterocycles. The molecule has 1 aliphatic heterocycles. The van der Waals surface area contributed by atoms with E-state index in [1.165, 1.54) is 0 Å². The fraction of sp³-hybridized carbons (Fsp3) is 0.458. The summed E-state index contributed by atoms with van der Waals surface area (Å²) in [6.07, 6.45) is 4.48. The second kappa shape index (κ2) is 8.09. The molecule has 0 bridgehead atoms. The van der Waals surface area contributed by atoms with Gasteiger partial charge in [-0.2, -0.15) is 0 Å². The second-order valence-electron chi connectivity index (χ2n) is 8.65. The van der Waals surface area contributed by atoms with Crippen LogP contribution < -0.4 is 5.56 Å². The molecule has 2 amide bonds. The van der Waals surface area contributed by atoms with E-state index in [4.69, 9.17) is 0 Å². The predicted molar refractivity (Wildman–Crippen MR) is 115 cm³/mol. The molecule has 4 rings (SSSR count). The monoisotopic (exact) mass is 407 g/mol. The second-order valence-corrected chi connectivity index (χ2v) is 8.65. The normalized spacial score (nSPS) is 17.1. The molecule has 6 nitrogen and oxygen atoms in total. The summed E-state index contributed by atoms with van der Waals surface area (Å²) in [7, 11) is 1.80. The van der Waals surface area contributed by atoms with E-state index in [1.807, 2.05) is 37.3 Å². The number of aryl methyl sites for hydroxylation is 2. The molecule has 0 atom stereocenters. The molecule has 1 fully saturated rings. The number of aromatic nitrogens is 1. The Morgan fingerprint density at radius 3 is 2.53 bits per heavy atom. The minimum absolute atomic E-state index is 0.0530. The minimum Gasteiger partial charge on any atom is -0.345 e. The number of H-pyrrole nitrogens is 1. The number of amides is 2. The van der Waals surface area contributed by atoms with Gasteiger partial charge in [0, 0.05) is 32.4 Å². The fourth-order valence-electron chi connectivity index (χ4n) is 4.69. The number of pyridine rings is 1. The molecule has 158 valence electrons. The van der Waals surface area contributed by atoms with Crippen LogP contribution in [0.15, 0.2) is 41.2 Å². The molecule has 2 aromatic rings. The lowest BCUT2D eigenvalue weighted by atomic mass is 9.73. The molecule has 2 aliphatic rings. The van der Waals surface area contributed by atoms with Crippen LogP contribution in [0.3, 0.4) is 0 Å². The van der Waals surface area contributed by atoms with Crippen molar-refractivity contribution in [3.63, 3.8) is 0 Å². The van der Waals surface area contributed by atoms with Gasteiger partial charge in [0.15, 0.2) is 0 Å². The van der Waals surface area contributed by atoms with Crippen LogP contribution in [0.2, 0.25) is 0 Å². The van der Waals surface area contributed by atoms with Crippen LogP contribution >= 0.6 is 0 Å². The van der Waals surface area contributed by atoms with Crippen LogP contribution in [0, 0.1) is 5.41 Å². The van der Waals surface area contributed by atoms with Gasteiger partial charge >= 0.3 is 0 Å². The highest BCUT2D eigenvalue weighted by Crippen LogP contribution is 2.37. The summed E-state index contributed by atoms with van der Waals surface area (Å²) in [5.74, 6) is -0.225. The standard InChI is InChI=1S/C24H29N3O3/c1-3-26(2)23(30)24(14-17-9-5-4-6-10-17)15-27(16-24)22(29)19-13-18-11-7-8-12-20(18)25-21(19)28/h4-6,9-10,13H,3,7-8,11-12,14-16H2,1-2H3,(H,25,28). The lowest BCUT2D eigenvalue weighted by Crippen LogP contribution is -2.66. The van der Waals surface area contributed by atoms with Gasteiger partial charge in [0.2, 0.25) is 5.91 Å². The van der Waals surface area contributed by atoms with Crippen LogP contribution in [0.4, 0.5) is 0 Å². The number of carbonyl (C=O) groups excluding carboxylic acids is 2. The number of benzene rings is 1. The van der Waals surface area contributed by atoms with Crippen molar-refractivity contribution in [3.8, 4) is 0 Å². The van der Waals surface area contributed by atoms with Crippen molar-refractivity contribution in [2.24, 2.45) is 5.41 Å². The van der Waals surface area contributed by atoms with Crippen molar-refractivity contribution in [1.29, 1.82) is 0 Å². The Kier molecular flexibility index (Phi) is 5.50. The van der Waals surface area contributed by atoms with E-state index < -0.39 is 5.41 Å². The minimum atomic E-state index is -0.636. The lowest BCUT2D eigenvalue weighted by Gasteiger charge is -2.50. The number of carbonyl (C=O) groups is 2. The summed E-state index contributed by atoms with van der Waals surface area (Å²) in [5, 5.41) is 0. The quantitative estimate of drug-likeness (QED) is 0.827. The van der Waals surface area contributed by atoms with E-state index in [9.17, 15) is 14.4 Å². The van der Waals surface area contributed by atoms with Crippen LogP contribution in [-0.4, -0.2) is 53.3 Å². The molecular formula is C24H29N3O3. The maximum Gasteiger partial charge on any atom is 0.261 e. The summed E-state index contributed by atoms with van der Waals surface area (Å²) in [4.78, 5) is 45.1. The first-order chi connectivity index (χ1) is 14.4. The van der Waals surface area contributed by atoms with Crippen molar-refractivity contribution in [3.05, 3.63) is 69.1 Å². The molecule has 0 unspecified atom stereocenters. The van der Waals surface area contributed by atoms with E-state index in [0.29, 0.717) is 26.1 Å². The highest BCUT2D eigenvalue weighted by molar-refractivity contribution is 5.97. The Morgan fingerprint density at radius 1 is 1.13 bits per heavy atom. The third kappa shape index (κ3) is 3.66. The predicted octanol–water partition coefficient (Wildman–Crippen LogP) is 2.42. The molecule has 1 aromatic heterocycles. The molecule has 0 saturated carbocycles. The van der Waals surface area contributed by atoms with Gasteiger partial charge in [0.1, 0.15) is 5.56 Å². The van der Waals surface area contributed by atoms with Crippen molar-refractivity contribution in [1.82, 2.24) is 14.8 Å². The first-order valence-electron chi connectivity index (χ1n) is 10.8. The number of hydrogen-bond donors (Lipinski definition) is 1. The third-order valence-corrected chi connectivity index (χ3v) is 6.50. The van der Waals surface area contributed by atoms with E-state index in [1.54, 1.807) is 22.9 Å². The van der Waals surface area contributed by atoms with Gasteiger partial charge in [-0.1, -0.05) is 30.3 Å². The molecule has 1 aliphatic carbocycles. The van der Waals surface area contributed by atoms with Crippen LogP contribution in [0.5, 0.6) is 0 Å². The molecule has 2 heterocycles. The Morgan fingerprint density at radius 2 is 1.83 bits per heavy atom. The lowest BCUT2D eigenvalue weighted by molar-refractivity contribution is -0.149. The number of nitrogens with zero attached hydrogens (tertiary/aromatic N) is 2. The van der Waals surface area contributed by atoms with Crippen LogP contribution in [0.1, 0.15) is 46.9 Å². The average molecular weight is 408 g/mol. The van der Waals surface area contributed by atoms with Gasteiger partial charge in [-0.25, -0.2) is 0 Å². The van der Waals surface area contributed by atoms with E-state index in [0.717, 1.165) is 42.5 Å². The Hall–Kier alpha value is -2.89. The smallest absolute Gasteiger partial charge is 0.261 e. The molecule has 0 radical (unpaired) electrons.